The molecule has 0 aliphatic rings. The van der Waals surface area contributed by atoms with Crippen LogP contribution < -0.4 is 15.2 Å². The number of sulfonamides is 1. The van der Waals surface area contributed by atoms with Crippen molar-refractivity contribution >= 4 is 33.0 Å². The number of nitrogen functional groups attached to an aromatic ring is 1. The van der Waals surface area contributed by atoms with Gasteiger partial charge in [-0.2, -0.15) is 0 Å². The van der Waals surface area contributed by atoms with Gasteiger partial charge in [-0.1, -0.05) is 11.6 Å². The molecule has 0 aliphatic heterocycles. The van der Waals surface area contributed by atoms with E-state index in [9.17, 15) is 12.8 Å². The maximum absolute atomic E-state index is 13.2. The molecule has 0 radical (unpaired) electrons. The molecule has 2 aromatic rings. The van der Waals surface area contributed by atoms with Gasteiger partial charge in [-0.15, -0.1) is 0 Å². The molecule has 0 aliphatic carbocycles. The van der Waals surface area contributed by atoms with E-state index in [0.717, 1.165) is 12.1 Å². The van der Waals surface area contributed by atoms with Gasteiger partial charge in [0.1, 0.15) is 11.6 Å². The van der Waals surface area contributed by atoms with Gasteiger partial charge in [0.2, 0.25) is 0 Å². The monoisotopic (exact) mass is 330 g/mol. The summed E-state index contributed by atoms with van der Waals surface area (Å²) >= 11 is 5.68. The largest absolute Gasteiger partial charge is 0.495 e. The van der Waals surface area contributed by atoms with Gasteiger partial charge in [0.15, 0.2) is 0 Å². The Bertz CT molecular complexity index is 761. The fraction of sp³-hybridized carbons (Fsp3) is 0.0769. The summed E-state index contributed by atoms with van der Waals surface area (Å²) in [6.45, 7) is 0. The lowest BCUT2D eigenvalue weighted by Crippen LogP contribution is -2.13. The average Bonchev–Trinajstić information content (AvgIpc) is 2.37. The predicted molar refractivity (Wildman–Crippen MR) is 79.6 cm³/mol. The van der Waals surface area contributed by atoms with Crippen LogP contribution in [0.2, 0.25) is 5.02 Å². The number of ether oxygens (including phenoxy) is 1. The first-order chi connectivity index (χ1) is 9.81. The van der Waals surface area contributed by atoms with E-state index in [1.807, 2.05) is 0 Å². The number of nitrogens with two attached hydrogens (primary N) is 1. The van der Waals surface area contributed by atoms with E-state index in [1.54, 1.807) is 0 Å². The summed E-state index contributed by atoms with van der Waals surface area (Å²) < 4.78 is 44.9. The zero-order valence-electron chi connectivity index (χ0n) is 10.9. The summed E-state index contributed by atoms with van der Waals surface area (Å²) in [5.74, 6) is -0.412. The SMILES string of the molecule is COc1cc(S(=O)(=O)Nc2cc(F)cc(Cl)c2)ccc1N. The Morgan fingerprint density at radius 3 is 2.57 bits per heavy atom. The molecule has 0 spiro atoms. The van der Waals surface area contributed by atoms with Crippen molar-refractivity contribution in [1.29, 1.82) is 0 Å². The van der Waals surface area contributed by atoms with Gasteiger partial charge in [0, 0.05) is 11.1 Å². The second-order valence-electron chi connectivity index (χ2n) is 4.17. The maximum atomic E-state index is 13.2. The van der Waals surface area contributed by atoms with Gasteiger partial charge < -0.3 is 10.5 Å². The van der Waals surface area contributed by atoms with E-state index < -0.39 is 15.8 Å². The molecule has 3 N–H and O–H groups in total. The molecule has 112 valence electrons. The number of methoxy groups -OCH3 is 1. The van der Waals surface area contributed by atoms with Crippen LogP contribution in [0.25, 0.3) is 0 Å². The number of hydrogen-bond acceptors (Lipinski definition) is 4. The van der Waals surface area contributed by atoms with Crippen molar-refractivity contribution in [3.8, 4) is 5.75 Å². The number of nitrogens with one attached hydrogen (secondary N) is 1. The van der Waals surface area contributed by atoms with Gasteiger partial charge in [0.05, 0.1) is 23.4 Å². The zero-order valence-corrected chi connectivity index (χ0v) is 12.5. The molecule has 21 heavy (non-hydrogen) atoms. The van der Waals surface area contributed by atoms with Crippen molar-refractivity contribution in [2.24, 2.45) is 0 Å². The van der Waals surface area contributed by atoms with Crippen molar-refractivity contribution in [3.05, 3.63) is 47.2 Å². The standard InChI is InChI=1S/C13H12ClFN2O3S/c1-20-13-7-11(2-3-12(13)16)21(18,19)17-10-5-8(14)4-9(15)6-10/h2-7,17H,16H2,1H3. The van der Waals surface area contributed by atoms with Gasteiger partial charge in [-0.05, 0) is 30.3 Å². The minimum Gasteiger partial charge on any atom is -0.495 e. The number of anilines is 2. The number of benzene rings is 2. The highest BCUT2D eigenvalue weighted by Crippen LogP contribution is 2.27. The van der Waals surface area contributed by atoms with Crippen LogP contribution in [0, 0.1) is 5.82 Å². The molecule has 8 heteroatoms. The number of halogens is 2. The molecule has 0 atom stereocenters. The molecule has 2 aromatic carbocycles. The summed E-state index contributed by atoms with van der Waals surface area (Å²) in [4.78, 5) is -0.0612. The van der Waals surface area contributed by atoms with E-state index in [4.69, 9.17) is 22.1 Å². The van der Waals surface area contributed by atoms with Crippen LogP contribution in [0.15, 0.2) is 41.3 Å². The fourth-order valence-electron chi connectivity index (χ4n) is 1.69. The minimum atomic E-state index is -3.91. The molecule has 0 fully saturated rings. The lowest BCUT2D eigenvalue weighted by atomic mass is 10.3. The van der Waals surface area contributed by atoms with Crippen molar-refractivity contribution in [1.82, 2.24) is 0 Å². The van der Waals surface area contributed by atoms with Crippen LogP contribution in [0.5, 0.6) is 5.75 Å². The first-order valence-corrected chi connectivity index (χ1v) is 7.60. The van der Waals surface area contributed by atoms with E-state index >= 15 is 0 Å². The maximum Gasteiger partial charge on any atom is 0.262 e. The Balaban J connectivity index is 2.38. The lowest BCUT2D eigenvalue weighted by Gasteiger charge is -2.11. The Morgan fingerprint density at radius 2 is 1.95 bits per heavy atom. The Labute approximate surface area is 126 Å². The summed E-state index contributed by atoms with van der Waals surface area (Å²) in [6, 6.07) is 7.41. The minimum absolute atomic E-state index is 0.0239. The molecule has 2 rings (SSSR count). The van der Waals surface area contributed by atoms with E-state index in [-0.39, 0.29) is 21.4 Å². The highest BCUT2D eigenvalue weighted by molar-refractivity contribution is 7.92. The van der Waals surface area contributed by atoms with Gasteiger partial charge in [-0.25, -0.2) is 12.8 Å². The number of rotatable bonds is 4. The van der Waals surface area contributed by atoms with Crippen molar-refractivity contribution in [2.45, 2.75) is 4.90 Å². The van der Waals surface area contributed by atoms with Crippen LogP contribution in [0.4, 0.5) is 15.8 Å². The molecule has 0 saturated carbocycles. The van der Waals surface area contributed by atoms with Crippen LogP contribution in [0.1, 0.15) is 0 Å². The van der Waals surface area contributed by atoms with Crippen LogP contribution in [-0.4, -0.2) is 15.5 Å². The normalized spacial score (nSPS) is 11.2. The van der Waals surface area contributed by atoms with Crippen molar-refractivity contribution in [3.63, 3.8) is 0 Å². The summed E-state index contributed by atoms with van der Waals surface area (Å²) in [5.41, 5.74) is 5.96. The molecular formula is C13H12ClFN2O3S. The zero-order chi connectivity index (χ0) is 15.6. The topological polar surface area (TPSA) is 81.4 Å². The smallest absolute Gasteiger partial charge is 0.262 e. The molecule has 0 unspecified atom stereocenters. The van der Waals surface area contributed by atoms with Crippen LogP contribution >= 0.6 is 11.6 Å². The highest BCUT2D eigenvalue weighted by Gasteiger charge is 2.17. The average molecular weight is 331 g/mol. The second-order valence-corrected chi connectivity index (χ2v) is 6.29. The van der Waals surface area contributed by atoms with Crippen molar-refractivity contribution < 1.29 is 17.5 Å². The van der Waals surface area contributed by atoms with E-state index in [1.165, 1.54) is 31.4 Å². The van der Waals surface area contributed by atoms with Gasteiger partial charge in [0.25, 0.3) is 10.0 Å². The lowest BCUT2D eigenvalue weighted by molar-refractivity contribution is 0.415. The van der Waals surface area contributed by atoms with Gasteiger partial charge in [-0.3, -0.25) is 4.72 Å². The molecular weight excluding hydrogens is 319 g/mol. The summed E-state index contributed by atoms with van der Waals surface area (Å²) in [7, 11) is -2.53. The third-order valence-corrected chi connectivity index (χ3v) is 4.23. The predicted octanol–water partition coefficient (Wildman–Crippen LogP) is 2.87. The molecule has 0 amide bonds. The first-order valence-electron chi connectivity index (χ1n) is 5.74. The quantitative estimate of drug-likeness (QED) is 0.845. The van der Waals surface area contributed by atoms with Gasteiger partial charge >= 0.3 is 0 Å². The van der Waals surface area contributed by atoms with Crippen LogP contribution in [0.3, 0.4) is 0 Å². The molecule has 0 heterocycles. The molecule has 5 nitrogen and oxygen atoms in total. The van der Waals surface area contributed by atoms with E-state index in [0.29, 0.717) is 5.69 Å². The first kappa shape index (κ1) is 15.4. The second kappa shape index (κ2) is 5.79. The third-order valence-electron chi connectivity index (χ3n) is 2.63. The summed E-state index contributed by atoms with van der Waals surface area (Å²) in [6.07, 6.45) is 0. The van der Waals surface area contributed by atoms with Crippen molar-refractivity contribution in [2.75, 3.05) is 17.6 Å². The summed E-state index contributed by atoms with van der Waals surface area (Å²) in [5, 5.41) is 0.0857. The molecule has 0 saturated heterocycles. The van der Waals surface area contributed by atoms with E-state index in [2.05, 4.69) is 4.72 Å². The fourth-order valence-corrected chi connectivity index (χ4v) is 2.96. The Morgan fingerprint density at radius 1 is 1.24 bits per heavy atom. The Kier molecular flexibility index (Phi) is 4.24. The molecule has 0 aromatic heterocycles. The van der Waals surface area contributed by atoms with Crippen LogP contribution in [-0.2, 0) is 10.0 Å². The highest BCUT2D eigenvalue weighted by atomic mass is 35.5. The Hall–Kier alpha value is -1.99. The number of hydrogen-bond donors (Lipinski definition) is 2. The molecule has 0 bridgehead atoms. The third kappa shape index (κ3) is 3.56.